The van der Waals surface area contributed by atoms with Gasteiger partial charge in [-0.05, 0) is 31.9 Å². The van der Waals surface area contributed by atoms with Crippen LogP contribution in [0.2, 0.25) is 0 Å². The molecule has 0 atom stereocenters. The van der Waals surface area contributed by atoms with Crippen molar-refractivity contribution in [3.8, 4) is 11.4 Å². The first-order valence-corrected chi connectivity index (χ1v) is 7.53. The average Bonchev–Trinajstić information content (AvgIpc) is 2.45. The van der Waals surface area contributed by atoms with Crippen LogP contribution in [0.4, 0.5) is 0 Å². The highest BCUT2D eigenvalue weighted by atomic mass is 14.9. The molecule has 0 aliphatic heterocycles. The molecule has 0 unspecified atom stereocenters. The molecule has 0 spiro atoms. The monoisotopic (exact) mass is 284 g/mol. The van der Waals surface area contributed by atoms with Crippen molar-refractivity contribution in [2.75, 3.05) is 0 Å². The lowest BCUT2D eigenvalue weighted by molar-refractivity contribution is 0.583. The molecule has 2 rings (SSSR count). The molecular formula is C17H24N4. The summed E-state index contributed by atoms with van der Waals surface area (Å²) in [6, 6.07) is 2.45. The molecule has 4 nitrogen and oxygen atoms in total. The highest BCUT2D eigenvalue weighted by Gasteiger charge is 2.12. The number of nitrogens with zero attached hydrogens (tertiary/aromatic N) is 3. The minimum Gasteiger partial charge on any atom is -0.310 e. The van der Waals surface area contributed by atoms with Gasteiger partial charge in [0, 0.05) is 47.5 Å². The summed E-state index contributed by atoms with van der Waals surface area (Å²) in [5.41, 5.74) is 5.56. The molecule has 0 aliphatic carbocycles. The van der Waals surface area contributed by atoms with Crippen LogP contribution in [-0.2, 0) is 13.0 Å². The van der Waals surface area contributed by atoms with E-state index >= 15 is 0 Å². The molecule has 0 radical (unpaired) electrons. The van der Waals surface area contributed by atoms with Crippen LogP contribution in [-0.4, -0.2) is 21.0 Å². The molecule has 0 aromatic carbocycles. The lowest BCUT2D eigenvalue weighted by Crippen LogP contribution is -2.23. The fourth-order valence-electron chi connectivity index (χ4n) is 2.35. The second-order valence-corrected chi connectivity index (χ2v) is 5.62. The first kappa shape index (κ1) is 15.6. The third kappa shape index (κ3) is 3.64. The topological polar surface area (TPSA) is 50.7 Å². The summed E-state index contributed by atoms with van der Waals surface area (Å²) in [7, 11) is 0. The van der Waals surface area contributed by atoms with Crippen molar-refractivity contribution >= 4 is 0 Å². The van der Waals surface area contributed by atoms with E-state index in [2.05, 4.69) is 44.9 Å². The minimum atomic E-state index is 0.454. The van der Waals surface area contributed by atoms with Gasteiger partial charge in [0.15, 0.2) is 5.82 Å². The van der Waals surface area contributed by atoms with Crippen molar-refractivity contribution in [1.82, 2.24) is 20.3 Å². The van der Waals surface area contributed by atoms with Gasteiger partial charge in [0.25, 0.3) is 0 Å². The zero-order valence-electron chi connectivity index (χ0n) is 13.6. The van der Waals surface area contributed by atoms with E-state index in [4.69, 9.17) is 9.97 Å². The molecule has 2 aromatic rings. The third-order valence-electron chi connectivity index (χ3n) is 3.63. The predicted octanol–water partition coefficient (Wildman–Crippen LogP) is 3.22. The molecule has 2 aromatic heterocycles. The molecule has 0 bridgehead atoms. The van der Waals surface area contributed by atoms with Gasteiger partial charge in [-0.25, -0.2) is 9.97 Å². The Hall–Kier alpha value is -1.81. The number of aryl methyl sites for hydroxylation is 3. The van der Waals surface area contributed by atoms with E-state index in [0.29, 0.717) is 6.04 Å². The van der Waals surface area contributed by atoms with E-state index < -0.39 is 0 Å². The van der Waals surface area contributed by atoms with Gasteiger partial charge in [-0.2, -0.15) is 0 Å². The van der Waals surface area contributed by atoms with Gasteiger partial charge >= 0.3 is 0 Å². The largest absolute Gasteiger partial charge is 0.310 e. The van der Waals surface area contributed by atoms with Crippen molar-refractivity contribution in [3.63, 3.8) is 0 Å². The van der Waals surface area contributed by atoms with Gasteiger partial charge in [-0.15, -0.1) is 0 Å². The first-order valence-electron chi connectivity index (χ1n) is 7.53. The lowest BCUT2D eigenvalue weighted by atomic mass is 10.1. The van der Waals surface area contributed by atoms with Crippen LogP contribution in [0.3, 0.4) is 0 Å². The molecule has 2 heterocycles. The van der Waals surface area contributed by atoms with Crippen LogP contribution in [0.5, 0.6) is 0 Å². The van der Waals surface area contributed by atoms with Crippen LogP contribution in [0.1, 0.15) is 43.3 Å². The van der Waals surface area contributed by atoms with Crippen molar-refractivity contribution in [3.05, 3.63) is 41.0 Å². The number of hydrogen-bond donors (Lipinski definition) is 1. The van der Waals surface area contributed by atoms with E-state index in [9.17, 15) is 0 Å². The third-order valence-corrected chi connectivity index (χ3v) is 3.63. The van der Waals surface area contributed by atoms with Crippen molar-refractivity contribution in [2.24, 2.45) is 0 Å². The Bertz CT molecular complexity index is 597. The summed E-state index contributed by atoms with van der Waals surface area (Å²) >= 11 is 0. The minimum absolute atomic E-state index is 0.454. The van der Waals surface area contributed by atoms with E-state index in [1.54, 1.807) is 6.20 Å². The van der Waals surface area contributed by atoms with Gasteiger partial charge in [0.2, 0.25) is 0 Å². The fourth-order valence-corrected chi connectivity index (χ4v) is 2.35. The maximum Gasteiger partial charge on any atom is 0.160 e. The second-order valence-electron chi connectivity index (χ2n) is 5.62. The molecule has 112 valence electrons. The van der Waals surface area contributed by atoms with E-state index in [0.717, 1.165) is 35.7 Å². The van der Waals surface area contributed by atoms with Crippen molar-refractivity contribution in [2.45, 2.75) is 53.6 Å². The highest BCUT2D eigenvalue weighted by Crippen LogP contribution is 2.22. The van der Waals surface area contributed by atoms with Gasteiger partial charge in [0.05, 0.1) is 0 Å². The van der Waals surface area contributed by atoms with Crippen molar-refractivity contribution in [1.29, 1.82) is 0 Å². The Morgan fingerprint density at radius 3 is 2.38 bits per heavy atom. The van der Waals surface area contributed by atoms with E-state index in [-0.39, 0.29) is 0 Å². The number of rotatable bonds is 5. The Morgan fingerprint density at radius 1 is 1.14 bits per heavy atom. The van der Waals surface area contributed by atoms with Gasteiger partial charge in [-0.1, -0.05) is 20.8 Å². The molecule has 0 fully saturated rings. The van der Waals surface area contributed by atoms with E-state index in [1.165, 1.54) is 11.1 Å². The molecule has 21 heavy (non-hydrogen) atoms. The van der Waals surface area contributed by atoms with Gasteiger partial charge in [-0.3, -0.25) is 4.98 Å². The van der Waals surface area contributed by atoms with Gasteiger partial charge < -0.3 is 5.32 Å². The van der Waals surface area contributed by atoms with Crippen molar-refractivity contribution < 1.29 is 0 Å². The van der Waals surface area contributed by atoms with Crippen LogP contribution in [0.25, 0.3) is 11.4 Å². The second kappa shape index (κ2) is 6.76. The summed E-state index contributed by atoms with van der Waals surface area (Å²) in [5.74, 6) is 0.803. The summed E-state index contributed by atoms with van der Waals surface area (Å²) < 4.78 is 0. The van der Waals surface area contributed by atoms with Crippen LogP contribution >= 0.6 is 0 Å². The quantitative estimate of drug-likeness (QED) is 0.916. The summed E-state index contributed by atoms with van der Waals surface area (Å²) in [4.78, 5) is 13.6. The zero-order chi connectivity index (χ0) is 15.4. The SMILES string of the molecule is CCc1cnccc1-c1nc(C)c(CNC(C)C)c(C)n1. The first-order chi connectivity index (χ1) is 10.0. The summed E-state index contributed by atoms with van der Waals surface area (Å²) in [6.45, 7) is 11.3. The summed E-state index contributed by atoms with van der Waals surface area (Å²) in [6.07, 6.45) is 4.63. The number of hydrogen-bond acceptors (Lipinski definition) is 4. The van der Waals surface area contributed by atoms with Crippen LogP contribution in [0.15, 0.2) is 18.5 Å². The molecule has 0 amide bonds. The zero-order valence-corrected chi connectivity index (χ0v) is 13.6. The molecule has 0 saturated carbocycles. The molecular weight excluding hydrogens is 260 g/mol. The maximum absolute atomic E-state index is 4.71. The number of nitrogens with one attached hydrogen (secondary N) is 1. The van der Waals surface area contributed by atoms with E-state index in [1.807, 2.05) is 12.3 Å². The Kier molecular flexibility index (Phi) is 5.02. The highest BCUT2D eigenvalue weighted by molar-refractivity contribution is 5.59. The fraction of sp³-hybridized carbons (Fsp3) is 0.471. The average molecular weight is 284 g/mol. The maximum atomic E-state index is 4.71. The Balaban J connectivity index is 2.39. The van der Waals surface area contributed by atoms with Gasteiger partial charge in [0.1, 0.15) is 0 Å². The Morgan fingerprint density at radius 2 is 1.81 bits per heavy atom. The summed E-state index contributed by atoms with van der Waals surface area (Å²) in [5, 5.41) is 3.44. The predicted molar refractivity (Wildman–Crippen MR) is 86.1 cm³/mol. The Labute approximate surface area is 127 Å². The molecule has 0 saturated heterocycles. The molecule has 4 heteroatoms. The smallest absolute Gasteiger partial charge is 0.160 e. The number of aromatic nitrogens is 3. The van der Waals surface area contributed by atoms with Crippen LogP contribution < -0.4 is 5.32 Å². The standard InChI is InChI=1S/C17H24N4/c1-6-14-9-18-8-7-15(14)17-20-12(4)16(13(5)21-17)10-19-11(2)3/h7-9,11,19H,6,10H2,1-5H3. The lowest BCUT2D eigenvalue weighted by Gasteiger charge is -2.14. The number of pyridine rings is 1. The molecule has 1 N–H and O–H groups in total. The normalized spacial score (nSPS) is 11.1. The van der Waals surface area contributed by atoms with Crippen LogP contribution in [0, 0.1) is 13.8 Å². The molecule has 0 aliphatic rings.